The van der Waals surface area contributed by atoms with Crippen molar-refractivity contribution in [1.29, 1.82) is 0 Å². The molecule has 18 heavy (non-hydrogen) atoms. The van der Waals surface area contributed by atoms with Gasteiger partial charge in [0.2, 0.25) is 10.0 Å². The van der Waals surface area contributed by atoms with Crippen LogP contribution in [0.1, 0.15) is 18.9 Å². The Morgan fingerprint density at radius 3 is 2.39 bits per heavy atom. The molecule has 0 aliphatic carbocycles. The van der Waals surface area contributed by atoms with Crippen molar-refractivity contribution >= 4 is 10.0 Å². The number of aliphatic hydroxyl groups is 1. The third kappa shape index (κ3) is 3.94. The summed E-state index contributed by atoms with van der Waals surface area (Å²) in [4.78, 5) is 0.220. The highest BCUT2D eigenvalue weighted by Crippen LogP contribution is 2.13. The van der Waals surface area contributed by atoms with Gasteiger partial charge in [-0.3, -0.25) is 0 Å². The van der Waals surface area contributed by atoms with Crippen LogP contribution in [-0.4, -0.2) is 26.2 Å². The molecule has 1 aromatic carbocycles. The molecule has 0 aliphatic rings. The maximum atomic E-state index is 12.1. The minimum atomic E-state index is -3.57. The highest BCUT2D eigenvalue weighted by Gasteiger charge is 2.19. The number of sulfonamides is 1. The molecule has 5 heteroatoms. The van der Waals surface area contributed by atoms with E-state index in [9.17, 15) is 8.42 Å². The van der Waals surface area contributed by atoms with E-state index < -0.39 is 16.1 Å². The highest BCUT2D eigenvalue weighted by atomic mass is 32.2. The van der Waals surface area contributed by atoms with E-state index in [1.54, 1.807) is 31.2 Å². The molecule has 0 bridgehead atoms. The summed E-state index contributed by atoms with van der Waals surface area (Å²) in [6.07, 6.45) is 0.320. The summed E-state index contributed by atoms with van der Waals surface area (Å²) in [7, 11) is -3.57. The first kappa shape index (κ1) is 14.9. The summed E-state index contributed by atoms with van der Waals surface area (Å²) in [5, 5.41) is 8.91. The number of nitrogens with one attached hydrogen (secondary N) is 1. The van der Waals surface area contributed by atoms with Crippen LogP contribution in [0.15, 0.2) is 41.3 Å². The van der Waals surface area contributed by atoms with Gasteiger partial charge in [0.1, 0.15) is 0 Å². The van der Waals surface area contributed by atoms with E-state index in [0.717, 1.165) is 5.56 Å². The predicted molar refractivity (Wildman–Crippen MR) is 71.8 cm³/mol. The first-order valence-corrected chi connectivity index (χ1v) is 7.20. The number of hydrogen-bond acceptors (Lipinski definition) is 3. The van der Waals surface area contributed by atoms with Crippen LogP contribution in [0.25, 0.3) is 0 Å². The van der Waals surface area contributed by atoms with Gasteiger partial charge in [-0.15, -0.1) is 0 Å². The molecule has 0 unspecified atom stereocenters. The number of aliphatic hydroxyl groups excluding tert-OH is 1. The van der Waals surface area contributed by atoms with Gasteiger partial charge in [-0.05, 0) is 32.4 Å². The summed E-state index contributed by atoms with van der Waals surface area (Å²) in [6.45, 7) is 7.27. The van der Waals surface area contributed by atoms with Crippen molar-refractivity contribution in [2.24, 2.45) is 0 Å². The van der Waals surface area contributed by atoms with E-state index in [0.29, 0.717) is 12.0 Å². The van der Waals surface area contributed by atoms with Crippen LogP contribution in [0.3, 0.4) is 0 Å². The van der Waals surface area contributed by atoms with Crippen LogP contribution in [0.4, 0.5) is 0 Å². The molecule has 0 radical (unpaired) electrons. The van der Waals surface area contributed by atoms with E-state index in [4.69, 9.17) is 5.11 Å². The van der Waals surface area contributed by atoms with Crippen LogP contribution < -0.4 is 4.72 Å². The molecule has 0 spiro atoms. The molecule has 0 fully saturated rings. The van der Waals surface area contributed by atoms with Crippen molar-refractivity contribution in [3.63, 3.8) is 0 Å². The van der Waals surface area contributed by atoms with Crippen LogP contribution in [-0.2, 0) is 10.0 Å². The molecule has 0 aliphatic heterocycles. The Kier molecular flexibility index (Phi) is 5.07. The molecule has 0 aromatic heterocycles. The predicted octanol–water partition coefficient (Wildman–Crippen LogP) is 1.60. The van der Waals surface area contributed by atoms with Crippen molar-refractivity contribution < 1.29 is 13.5 Å². The first-order chi connectivity index (χ1) is 8.36. The lowest BCUT2D eigenvalue weighted by molar-refractivity contribution is 0.278. The Morgan fingerprint density at radius 1 is 1.39 bits per heavy atom. The molecule has 2 N–H and O–H groups in total. The van der Waals surface area contributed by atoms with E-state index in [1.807, 2.05) is 6.92 Å². The lowest BCUT2D eigenvalue weighted by Crippen LogP contribution is -2.36. The number of rotatable bonds is 6. The summed E-state index contributed by atoms with van der Waals surface area (Å²) < 4.78 is 26.7. The van der Waals surface area contributed by atoms with E-state index in [2.05, 4.69) is 11.3 Å². The van der Waals surface area contributed by atoms with Gasteiger partial charge in [0.25, 0.3) is 0 Å². The van der Waals surface area contributed by atoms with Crippen LogP contribution in [0.5, 0.6) is 0 Å². The second-order valence-corrected chi connectivity index (χ2v) is 6.06. The van der Waals surface area contributed by atoms with Crippen molar-refractivity contribution in [3.8, 4) is 0 Å². The quantitative estimate of drug-likeness (QED) is 0.771. The van der Waals surface area contributed by atoms with Crippen molar-refractivity contribution in [3.05, 3.63) is 42.0 Å². The zero-order chi connectivity index (χ0) is 13.8. The number of benzene rings is 1. The number of aryl methyl sites for hydroxylation is 1. The Bertz CT molecular complexity index is 506. The van der Waals surface area contributed by atoms with Gasteiger partial charge >= 0.3 is 0 Å². The monoisotopic (exact) mass is 269 g/mol. The average Bonchev–Trinajstić information content (AvgIpc) is 2.28. The second-order valence-electron chi connectivity index (χ2n) is 4.35. The Hall–Kier alpha value is -1.17. The Balaban J connectivity index is 2.93. The zero-order valence-corrected chi connectivity index (χ0v) is 11.5. The molecule has 100 valence electrons. The minimum Gasteiger partial charge on any atom is -0.396 e. The SMILES string of the molecule is C=C(C)[C@@H](CCO)NS(=O)(=O)c1ccc(C)cc1. The molecule has 0 saturated carbocycles. The first-order valence-electron chi connectivity index (χ1n) is 5.72. The van der Waals surface area contributed by atoms with Gasteiger partial charge in [-0.2, -0.15) is 0 Å². The molecule has 0 amide bonds. The highest BCUT2D eigenvalue weighted by molar-refractivity contribution is 7.89. The largest absolute Gasteiger partial charge is 0.396 e. The third-order valence-corrected chi connectivity index (χ3v) is 4.13. The maximum absolute atomic E-state index is 12.1. The van der Waals surface area contributed by atoms with Gasteiger partial charge in [0, 0.05) is 12.6 Å². The Morgan fingerprint density at radius 2 is 1.94 bits per heavy atom. The third-order valence-electron chi connectivity index (χ3n) is 2.64. The van der Waals surface area contributed by atoms with E-state index in [-0.39, 0.29) is 11.5 Å². The van der Waals surface area contributed by atoms with Gasteiger partial charge in [0.05, 0.1) is 4.90 Å². The fraction of sp³-hybridized carbons (Fsp3) is 0.385. The molecule has 0 heterocycles. The smallest absolute Gasteiger partial charge is 0.241 e. The molecular formula is C13H19NO3S. The summed E-state index contributed by atoms with van der Waals surface area (Å²) in [5.74, 6) is 0. The van der Waals surface area contributed by atoms with Crippen molar-refractivity contribution in [1.82, 2.24) is 4.72 Å². The fourth-order valence-electron chi connectivity index (χ4n) is 1.51. The number of hydrogen-bond donors (Lipinski definition) is 2. The van der Waals surface area contributed by atoms with Crippen LogP contribution in [0.2, 0.25) is 0 Å². The molecule has 4 nitrogen and oxygen atoms in total. The van der Waals surface area contributed by atoms with Gasteiger partial charge in [-0.25, -0.2) is 13.1 Å². The van der Waals surface area contributed by atoms with Crippen molar-refractivity contribution in [2.75, 3.05) is 6.61 Å². The van der Waals surface area contributed by atoms with E-state index in [1.165, 1.54) is 0 Å². The van der Waals surface area contributed by atoms with Crippen LogP contribution in [0, 0.1) is 6.92 Å². The summed E-state index contributed by atoms with van der Waals surface area (Å²) in [6, 6.07) is 6.17. The standard InChI is InChI=1S/C13H19NO3S/c1-10(2)13(8-9-15)14-18(16,17)12-6-4-11(3)5-7-12/h4-7,13-15H,1,8-9H2,2-3H3/t13-/m1/s1. The second kappa shape index (κ2) is 6.13. The van der Waals surface area contributed by atoms with Gasteiger partial charge < -0.3 is 5.11 Å². The van der Waals surface area contributed by atoms with Gasteiger partial charge in [0.15, 0.2) is 0 Å². The molecular weight excluding hydrogens is 250 g/mol. The summed E-state index contributed by atoms with van der Waals surface area (Å²) >= 11 is 0. The minimum absolute atomic E-state index is 0.0893. The molecule has 1 rings (SSSR count). The lowest BCUT2D eigenvalue weighted by atomic mass is 10.1. The normalized spacial score (nSPS) is 13.3. The average molecular weight is 269 g/mol. The molecule has 0 saturated heterocycles. The van der Waals surface area contributed by atoms with Gasteiger partial charge in [-0.1, -0.05) is 29.8 Å². The van der Waals surface area contributed by atoms with E-state index >= 15 is 0 Å². The zero-order valence-electron chi connectivity index (χ0n) is 10.7. The maximum Gasteiger partial charge on any atom is 0.241 e. The topological polar surface area (TPSA) is 66.4 Å². The molecule has 1 atom stereocenters. The van der Waals surface area contributed by atoms with Crippen LogP contribution >= 0.6 is 0 Å². The molecule has 1 aromatic rings. The Labute approximate surface area is 108 Å². The lowest BCUT2D eigenvalue weighted by Gasteiger charge is -2.18. The van der Waals surface area contributed by atoms with Crippen molar-refractivity contribution in [2.45, 2.75) is 31.2 Å². The fourth-order valence-corrected chi connectivity index (χ4v) is 2.83. The summed E-state index contributed by atoms with van der Waals surface area (Å²) in [5.41, 5.74) is 1.68.